The van der Waals surface area contributed by atoms with Crippen molar-refractivity contribution in [2.24, 2.45) is 34.5 Å². The minimum absolute atomic E-state index is 0.0720. The normalized spacial score (nSPS) is 45.7. The molecule has 0 bridgehead atoms. The Morgan fingerprint density at radius 3 is 2.40 bits per heavy atom. The third kappa shape index (κ3) is 3.34. The summed E-state index contributed by atoms with van der Waals surface area (Å²) < 4.78 is 0. The summed E-state index contributed by atoms with van der Waals surface area (Å²) >= 11 is 3.63. The van der Waals surface area contributed by atoms with E-state index in [1.54, 1.807) is 0 Å². The Labute approximate surface area is 189 Å². The number of nitrogens with one attached hydrogen (secondary N) is 4. The van der Waals surface area contributed by atoms with E-state index >= 15 is 0 Å². The van der Waals surface area contributed by atoms with Crippen LogP contribution < -0.4 is 21.3 Å². The number of amides is 2. The summed E-state index contributed by atoms with van der Waals surface area (Å²) in [5.41, 5.74) is 0.228. The van der Waals surface area contributed by atoms with Crippen LogP contribution in [0, 0.1) is 34.5 Å². The average molecular weight is 483 g/mol. The molecule has 3 aliphatic carbocycles. The van der Waals surface area contributed by atoms with Crippen LogP contribution in [0.5, 0.6) is 0 Å². The summed E-state index contributed by atoms with van der Waals surface area (Å²) in [6, 6.07) is 0.303. The molecule has 0 spiro atoms. The minimum atomic E-state index is -0.584. The second-order valence-corrected chi connectivity index (χ2v) is 12.1. The van der Waals surface area contributed by atoms with Crippen molar-refractivity contribution in [3.05, 3.63) is 0 Å². The maximum atomic E-state index is 13.3. The Morgan fingerprint density at radius 1 is 1.07 bits per heavy atom. The molecule has 8 atom stereocenters. The summed E-state index contributed by atoms with van der Waals surface area (Å²) in [5, 5.41) is 12.9. The van der Waals surface area contributed by atoms with Crippen molar-refractivity contribution in [2.75, 3.05) is 14.1 Å². The van der Waals surface area contributed by atoms with Crippen LogP contribution in [0.2, 0.25) is 0 Å². The lowest BCUT2D eigenvalue weighted by molar-refractivity contribution is -0.142. The van der Waals surface area contributed by atoms with Crippen molar-refractivity contribution in [2.45, 2.75) is 82.4 Å². The van der Waals surface area contributed by atoms with Crippen molar-refractivity contribution in [1.29, 1.82) is 0 Å². The quantitative estimate of drug-likeness (QED) is 0.366. The smallest absolute Gasteiger partial charge is 0.234 e. The summed E-state index contributed by atoms with van der Waals surface area (Å²) in [4.78, 5) is 25.5. The van der Waals surface area contributed by atoms with Gasteiger partial charge in [-0.1, -0.05) is 29.8 Å². The first-order valence-electron chi connectivity index (χ1n) is 11.7. The van der Waals surface area contributed by atoms with E-state index in [2.05, 4.69) is 51.0 Å². The summed E-state index contributed by atoms with van der Waals surface area (Å²) in [7, 11) is 3.72. The van der Waals surface area contributed by atoms with E-state index in [0.717, 1.165) is 32.1 Å². The van der Waals surface area contributed by atoms with Gasteiger partial charge in [0.1, 0.15) is 5.79 Å². The number of fused-ring (bicyclic) bond motifs is 5. The van der Waals surface area contributed by atoms with Gasteiger partial charge >= 0.3 is 0 Å². The molecule has 0 aromatic heterocycles. The molecule has 0 aromatic rings. The van der Waals surface area contributed by atoms with E-state index in [1.165, 1.54) is 12.8 Å². The number of carbonyl (C=O) groups is 2. The van der Waals surface area contributed by atoms with Gasteiger partial charge in [-0.25, -0.2) is 0 Å². The highest BCUT2D eigenvalue weighted by molar-refractivity contribution is 9.10. The SMILES string of the molecule is CNC(C)(NC)NC(=O)[C@H]1CC[C@H]2[C@@H]3CC[C@H]4NC(=O)C(Br)C[C@]4(C)[C@H]3CC[C@]12C. The first kappa shape index (κ1) is 22.5. The molecule has 0 radical (unpaired) electrons. The number of halogens is 1. The monoisotopic (exact) mass is 482 g/mol. The highest BCUT2D eigenvalue weighted by Gasteiger charge is 2.62. The van der Waals surface area contributed by atoms with Gasteiger partial charge in [-0.3, -0.25) is 20.2 Å². The van der Waals surface area contributed by atoms with E-state index in [1.807, 2.05) is 21.0 Å². The van der Waals surface area contributed by atoms with Crippen LogP contribution in [-0.2, 0) is 9.59 Å². The fourth-order valence-electron chi connectivity index (χ4n) is 7.74. The van der Waals surface area contributed by atoms with E-state index in [4.69, 9.17) is 0 Å². The van der Waals surface area contributed by atoms with Crippen LogP contribution in [0.1, 0.15) is 65.7 Å². The van der Waals surface area contributed by atoms with Crippen molar-refractivity contribution in [3.8, 4) is 0 Å². The third-order valence-electron chi connectivity index (χ3n) is 9.78. The highest BCUT2D eigenvalue weighted by Crippen LogP contribution is 2.65. The van der Waals surface area contributed by atoms with E-state index in [-0.39, 0.29) is 33.4 Å². The molecule has 30 heavy (non-hydrogen) atoms. The molecule has 4 aliphatic rings. The van der Waals surface area contributed by atoms with Crippen LogP contribution in [-0.4, -0.2) is 42.6 Å². The van der Waals surface area contributed by atoms with Gasteiger partial charge in [0.25, 0.3) is 0 Å². The topological polar surface area (TPSA) is 82.3 Å². The second-order valence-electron chi connectivity index (χ2n) is 11.0. The standard InChI is InChI=1S/C23H39BrN4O2/c1-21-11-10-15-13(6-9-18-22(15,2)12-17(24)20(30)27-18)14(21)7-8-16(21)19(29)28-23(3,25-4)26-5/h13-18,25-26H,6-12H2,1-5H3,(H,27,30)(H,28,29)/t13-,14-,15-,16+,17?,18+,21-,22+/m0/s1. The predicted octanol–water partition coefficient (Wildman–Crippen LogP) is 2.73. The molecule has 1 saturated heterocycles. The van der Waals surface area contributed by atoms with Crippen molar-refractivity contribution in [1.82, 2.24) is 21.3 Å². The Morgan fingerprint density at radius 2 is 1.73 bits per heavy atom. The Hall–Kier alpha value is -0.660. The molecule has 7 heteroatoms. The number of carbonyl (C=O) groups excluding carboxylic acids is 2. The summed E-state index contributed by atoms with van der Waals surface area (Å²) in [6.07, 6.45) is 7.59. The lowest BCUT2D eigenvalue weighted by Crippen LogP contribution is -2.66. The van der Waals surface area contributed by atoms with Crippen molar-refractivity contribution >= 4 is 27.7 Å². The zero-order valence-electron chi connectivity index (χ0n) is 19.1. The largest absolute Gasteiger partial charge is 0.352 e. The molecule has 3 saturated carbocycles. The number of alkyl halides is 1. The average Bonchev–Trinajstić information content (AvgIpc) is 3.06. The zero-order valence-corrected chi connectivity index (χ0v) is 20.7. The van der Waals surface area contributed by atoms with E-state index in [0.29, 0.717) is 23.8 Å². The Kier molecular flexibility index (Phi) is 5.81. The second kappa shape index (κ2) is 7.73. The molecule has 4 N–H and O–H groups in total. The summed E-state index contributed by atoms with van der Waals surface area (Å²) in [6.45, 7) is 6.76. The molecule has 4 fully saturated rings. The molecule has 1 aliphatic heterocycles. The van der Waals surface area contributed by atoms with Crippen molar-refractivity contribution in [3.63, 3.8) is 0 Å². The molecule has 6 nitrogen and oxygen atoms in total. The maximum Gasteiger partial charge on any atom is 0.234 e. The van der Waals surface area contributed by atoms with E-state index in [9.17, 15) is 9.59 Å². The molecular formula is C23H39BrN4O2. The van der Waals surface area contributed by atoms with Crippen LogP contribution in [0.3, 0.4) is 0 Å². The first-order chi connectivity index (χ1) is 14.1. The first-order valence-corrected chi connectivity index (χ1v) is 12.6. The molecular weight excluding hydrogens is 444 g/mol. The minimum Gasteiger partial charge on any atom is -0.352 e. The lowest BCUT2D eigenvalue weighted by atomic mass is 9.47. The third-order valence-corrected chi connectivity index (χ3v) is 10.5. The fraction of sp³-hybridized carbons (Fsp3) is 0.913. The molecule has 1 unspecified atom stereocenters. The van der Waals surface area contributed by atoms with Gasteiger partial charge in [-0.2, -0.15) is 0 Å². The summed E-state index contributed by atoms with van der Waals surface area (Å²) in [5.74, 6) is 1.73. The number of piperidine rings is 1. The van der Waals surface area contributed by atoms with Crippen LogP contribution in [0.25, 0.3) is 0 Å². The zero-order chi connectivity index (χ0) is 21.9. The van der Waals surface area contributed by atoms with Crippen LogP contribution >= 0.6 is 15.9 Å². The molecule has 1 heterocycles. The number of hydrogen-bond donors (Lipinski definition) is 4. The predicted molar refractivity (Wildman–Crippen MR) is 122 cm³/mol. The Balaban J connectivity index is 1.54. The number of rotatable bonds is 4. The van der Waals surface area contributed by atoms with Crippen LogP contribution in [0.4, 0.5) is 0 Å². The van der Waals surface area contributed by atoms with Gasteiger partial charge in [0.2, 0.25) is 11.8 Å². The van der Waals surface area contributed by atoms with Crippen molar-refractivity contribution < 1.29 is 9.59 Å². The number of hydrogen-bond acceptors (Lipinski definition) is 4. The fourth-order valence-corrected chi connectivity index (χ4v) is 8.57. The lowest BCUT2D eigenvalue weighted by Gasteiger charge is -2.60. The molecule has 0 aromatic carbocycles. The molecule has 170 valence electrons. The van der Waals surface area contributed by atoms with Gasteiger partial charge in [-0.05, 0) is 94.5 Å². The Bertz CT molecular complexity index is 713. The van der Waals surface area contributed by atoms with E-state index < -0.39 is 5.79 Å². The van der Waals surface area contributed by atoms with Gasteiger partial charge in [0, 0.05) is 12.0 Å². The van der Waals surface area contributed by atoms with Gasteiger partial charge in [-0.15, -0.1) is 0 Å². The molecule has 4 rings (SSSR count). The highest BCUT2D eigenvalue weighted by atomic mass is 79.9. The molecule has 2 amide bonds. The van der Waals surface area contributed by atoms with Crippen LogP contribution in [0.15, 0.2) is 0 Å². The van der Waals surface area contributed by atoms with Gasteiger partial charge in [0.05, 0.1) is 4.83 Å². The van der Waals surface area contributed by atoms with Gasteiger partial charge in [0.15, 0.2) is 0 Å². The van der Waals surface area contributed by atoms with Gasteiger partial charge < -0.3 is 10.6 Å². The maximum absolute atomic E-state index is 13.3.